The summed E-state index contributed by atoms with van der Waals surface area (Å²) in [6.07, 6.45) is 12.1. The topological polar surface area (TPSA) is 95.9 Å². The predicted molar refractivity (Wildman–Crippen MR) is 160 cm³/mol. The van der Waals surface area contributed by atoms with Crippen LogP contribution in [-0.4, -0.2) is 57.3 Å². The summed E-state index contributed by atoms with van der Waals surface area (Å²) >= 11 is 6.50. The molecule has 2 aliphatic rings. The maximum atomic E-state index is 13.3. The first-order valence-corrected chi connectivity index (χ1v) is 16.5. The fourth-order valence-corrected chi connectivity index (χ4v) is 7.41. The summed E-state index contributed by atoms with van der Waals surface area (Å²) in [6.45, 7) is 5.95. The Hall–Kier alpha value is -3.06. The molecule has 10 heteroatoms. The number of nitrogens with one attached hydrogen (secondary N) is 2. The normalized spacial score (nSPS) is 18.1. The number of nitrogens with zero attached hydrogens (tertiary/aromatic N) is 5. The van der Waals surface area contributed by atoms with Crippen molar-refractivity contribution in [2.24, 2.45) is 0 Å². The molecule has 39 heavy (non-hydrogen) atoms. The first-order valence-electron chi connectivity index (χ1n) is 13.6. The molecule has 1 saturated heterocycles. The van der Waals surface area contributed by atoms with Gasteiger partial charge in [0.2, 0.25) is 5.95 Å². The smallest absolute Gasteiger partial charge is 0.229 e. The highest BCUT2D eigenvalue weighted by Gasteiger charge is 2.25. The van der Waals surface area contributed by atoms with E-state index in [1.54, 1.807) is 31.9 Å². The van der Waals surface area contributed by atoms with Crippen LogP contribution in [0.3, 0.4) is 0 Å². The lowest BCUT2D eigenvalue weighted by Crippen LogP contribution is -2.32. The molecule has 2 aromatic heterocycles. The molecule has 2 N–H and O–H groups in total. The van der Waals surface area contributed by atoms with E-state index in [4.69, 9.17) is 11.6 Å². The monoisotopic (exact) mass is 561 g/mol. The first kappa shape index (κ1) is 26.2. The summed E-state index contributed by atoms with van der Waals surface area (Å²) < 4.78 is 13.3. The molecule has 1 fully saturated rings. The Kier molecular flexibility index (Phi) is 7.27. The van der Waals surface area contributed by atoms with Gasteiger partial charge in [-0.1, -0.05) is 17.7 Å². The van der Waals surface area contributed by atoms with E-state index < -0.39 is 7.14 Å². The van der Waals surface area contributed by atoms with Crippen LogP contribution in [0.2, 0.25) is 5.02 Å². The van der Waals surface area contributed by atoms with E-state index in [1.807, 2.05) is 12.1 Å². The third-order valence-corrected chi connectivity index (χ3v) is 9.57. The van der Waals surface area contributed by atoms with Gasteiger partial charge < -0.3 is 20.1 Å². The van der Waals surface area contributed by atoms with E-state index in [0.29, 0.717) is 44.9 Å². The van der Waals surface area contributed by atoms with E-state index in [2.05, 4.69) is 53.7 Å². The van der Waals surface area contributed by atoms with Gasteiger partial charge in [-0.25, -0.2) is 4.98 Å². The zero-order valence-electron chi connectivity index (χ0n) is 22.3. The second-order valence-electron chi connectivity index (χ2n) is 10.8. The molecule has 3 heterocycles. The van der Waals surface area contributed by atoms with Crippen molar-refractivity contribution in [1.29, 1.82) is 0 Å². The maximum Gasteiger partial charge on any atom is 0.229 e. The van der Waals surface area contributed by atoms with Crippen LogP contribution in [0.1, 0.15) is 36.8 Å². The van der Waals surface area contributed by atoms with Crippen LogP contribution in [0.25, 0.3) is 11.0 Å². The molecule has 202 valence electrons. The van der Waals surface area contributed by atoms with E-state index >= 15 is 0 Å². The first-order chi connectivity index (χ1) is 18.8. The minimum atomic E-state index is -2.72. The Morgan fingerprint density at radius 1 is 0.949 bits per heavy atom. The molecule has 4 aromatic rings. The van der Waals surface area contributed by atoms with Crippen LogP contribution in [-0.2, 0) is 17.4 Å². The highest BCUT2D eigenvalue weighted by molar-refractivity contribution is 7.71. The average molecular weight is 562 g/mol. The molecule has 0 saturated carbocycles. The molecule has 0 amide bonds. The highest BCUT2D eigenvalue weighted by Crippen LogP contribution is 2.41. The number of aromatic nitrogens is 4. The van der Waals surface area contributed by atoms with Crippen molar-refractivity contribution in [2.75, 3.05) is 37.1 Å². The Morgan fingerprint density at radius 2 is 1.72 bits per heavy atom. The fraction of sp³-hybridized carbons (Fsp3) is 0.379. The summed E-state index contributed by atoms with van der Waals surface area (Å²) in [5.74, 6) is 0.860. The molecular formula is C29H33ClN7OP. The second kappa shape index (κ2) is 10.8. The van der Waals surface area contributed by atoms with Gasteiger partial charge in [0.15, 0.2) is 5.82 Å². The van der Waals surface area contributed by atoms with Gasteiger partial charge in [-0.15, -0.1) is 0 Å². The van der Waals surface area contributed by atoms with Gasteiger partial charge in [-0.05, 0) is 100 Å². The molecule has 0 spiro atoms. The van der Waals surface area contributed by atoms with E-state index in [9.17, 15) is 4.57 Å². The Morgan fingerprint density at radius 3 is 2.51 bits per heavy atom. The number of hydrogen-bond acceptors (Lipinski definition) is 8. The predicted octanol–water partition coefficient (Wildman–Crippen LogP) is 6.15. The van der Waals surface area contributed by atoms with Crippen LogP contribution >= 0.6 is 18.7 Å². The second-order valence-corrected chi connectivity index (χ2v) is 14.4. The zero-order valence-corrected chi connectivity index (χ0v) is 24.0. The zero-order chi connectivity index (χ0) is 27.0. The van der Waals surface area contributed by atoms with Gasteiger partial charge in [0.1, 0.15) is 17.7 Å². The lowest BCUT2D eigenvalue weighted by atomic mass is 10.0. The van der Waals surface area contributed by atoms with E-state index in [1.165, 1.54) is 49.9 Å². The molecule has 1 aliphatic heterocycles. The van der Waals surface area contributed by atoms with Crippen LogP contribution in [0.15, 0.2) is 48.9 Å². The van der Waals surface area contributed by atoms with Gasteiger partial charge in [-0.3, -0.25) is 9.97 Å². The molecule has 1 aliphatic carbocycles. The van der Waals surface area contributed by atoms with Gasteiger partial charge in [0, 0.05) is 24.1 Å². The van der Waals surface area contributed by atoms with Crippen LogP contribution < -0.4 is 15.9 Å². The Bertz CT molecular complexity index is 1570. The third-order valence-electron chi connectivity index (χ3n) is 7.76. The molecular weight excluding hydrogens is 529 g/mol. The lowest BCUT2D eigenvalue weighted by Gasteiger charge is -2.25. The van der Waals surface area contributed by atoms with Crippen molar-refractivity contribution in [2.45, 2.75) is 44.6 Å². The molecule has 6 rings (SSSR count). The quantitative estimate of drug-likeness (QED) is 0.214. The van der Waals surface area contributed by atoms with Crippen molar-refractivity contribution >= 4 is 58.2 Å². The summed E-state index contributed by atoms with van der Waals surface area (Å²) in [7, 11) is -2.72. The van der Waals surface area contributed by atoms with Gasteiger partial charge in [0.05, 0.1) is 22.7 Å². The number of hydrogen-bond donors (Lipinski definition) is 2. The number of anilines is 4. The van der Waals surface area contributed by atoms with E-state index in [-0.39, 0.29) is 0 Å². The SMILES string of the molecule is CP(C)(=O)c1c(Nc2nc(Nc3ccc4c(c3)CC[C@@H](N3CCCC3)CC4)ncc2Cl)ccc2nccnc12. The van der Waals surface area contributed by atoms with Crippen LogP contribution in [0.4, 0.5) is 23.1 Å². The Balaban J connectivity index is 1.24. The molecule has 0 unspecified atom stereocenters. The molecule has 8 nitrogen and oxygen atoms in total. The van der Waals surface area contributed by atoms with Gasteiger partial charge >= 0.3 is 0 Å². The number of fused-ring (bicyclic) bond motifs is 2. The van der Waals surface area contributed by atoms with Gasteiger partial charge in [0.25, 0.3) is 0 Å². The highest BCUT2D eigenvalue weighted by atomic mass is 35.5. The van der Waals surface area contributed by atoms with E-state index in [0.717, 1.165) is 18.5 Å². The maximum absolute atomic E-state index is 13.3. The number of aryl methyl sites for hydroxylation is 2. The fourth-order valence-electron chi connectivity index (χ4n) is 5.88. The van der Waals surface area contributed by atoms with Crippen molar-refractivity contribution in [3.05, 3.63) is 65.1 Å². The summed E-state index contributed by atoms with van der Waals surface area (Å²) in [4.78, 5) is 20.6. The number of rotatable bonds is 6. The average Bonchev–Trinajstić information content (AvgIpc) is 3.37. The molecule has 2 aromatic carbocycles. The minimum Gasteiger partial charge on any atom is -0.338 e. The molecule has 1 atom stereocenters. The number of likely N-dealkylation sites (tertiary alicyclic amines) is 1. The van der Waals surface area contributed by atoms with Crippen molar-refractivity contribution < 1.29 is 4.57 Å². The third kappa shape index (κ3) is 5.65. The van der Waals surface area contributed by atoms with Gasteiger partial charge in [-0.2, -0.15) is 4.98 Å². The summed E-state index contributed by atoms with van der Waals surface area (Å²) in [5.41, 5.74) is 5.73. The largest absolute Gasteiger partial charge is 0.338 e. The minimum absolute atomic E-state index is 0.364. The number of benzene rings is 2. The van der Waals surface area contributed by atoms with Crippen LogP contribution in [0.5, 0.6) is 0 Å². The number of halogens is 1. The summed E-state index contributed by atoms with van der Waals surface area (Å²) in [5, 5.41) is 7.63. The van der Waals surface area contributed by atoms with Crippen molar-refractivity contribution in [1.82, 2.24) is 24.8 Å². The van der Waals surface area contributed by atoms with Crippen molar-refractivity contribution in [3.8, 4) is 0 Å². The summed E-state index contributed by atoms with van der Waals surface area (Å²) in [6, 6.07) is 11.0. The Labute approximate surface area is 234 Å². The standard InChI is InChI=1S/C29H33ClN7OP/c1-39(2,38)27-25(12-11-24-26(27)32-14-13-31-24)35-28-23(30)18-33-29(36-28)34-21-8-5-19-6-9-22(10-7-20(19)17-21)37-15-3-4-16-37/h5,8,11-14,17-18,22H,3-4,6-7,9-10,15-16H2,1-2H3,(H2,33,34,35,36)/t22-/m0/s1. The molecule has 0 radical (unpaired) electrons. The lowest BCUT2D eigenvalue weighted by molar-refractivity contribution is 0.222. The van der Waals surface area contributed by atoms with Crippen LogP contribution in [0, 0.1) is 0 Å². The molecule has 0 bridgehead atoms. The van der Waals surface area contributed by atoms with Crippen molar-refractivity contribution in [3.63, 3.8) is 0 Å².